The minimum absolute atomic E-state index is 0.158. The maximum Gasteiger partial charge on any atom is 0.346 e. The first-order valence-electron chi connectivity index (χ1n) is 5.24. The van der Waals surface area contributed by atoms with Gasteiger partial charge in [0.15, 0.2) is 0 Å². The number of carbonyl (C=O) groups excluding carboxylic acids is 2. The predicted octanol–water partition coefficient (Wildman–Crippen LogP) is 0.115. The fraction of sp³-hybridized carbons (Fsp3) is 0.182. The first-order chi connectivity index (χ1) is 8.18. The lowest BCUT2D eigenvalue weighted by Crippen LogP contribution is -2.44. The van der Waals surface area contributed by atoms with Crippen molar-refractivity contribution in [3.63, 3.8) is 0 Å². The molecule has 0 spiro atoms. The maximum atomic E-state index is 11.8. The van der Waals surface area contributed by atoms with E-state index in [0.717, 1.165) is 9.69 Å². The topological polar surface area (TPSA) is 75.2 Å². The SMILES string of the molecule is O=C1CCC(=O)N1n1c(=O)[nH]c2ccccc21. The second kappa shape index (κ2) is 3.31. The fourth-order valence-corrected chi connectivity index (χ4v) is 2.03. The van der Waals surface area contributed by atoms with E-state index in [2.05, 4.69) is 4.98 Å². The number of carbonyl (C=O) groups is 2. The Morgan fingerprint density at radius 3 is 2.35 bits per heavy atom. The molecule has 1 fully saturated rings. The Kier molecular flexibility index (Phi) is 1.91. The van der Waals surface area contributed by atoms with Crippen molar-refractivity contribution in [3.8, 4) is 0 Å². The largest absolute Gasteiger partial charge is 0.346 e. The average molecular weight is 231 g/mol. The van der Waals surface area contributed by atoms with Crippen LogP contribution in [0.4, 0.5) is 0 Å². The van der Waals surface area contributed by atoms with Gasteiger partial charge in [-0.2, -0.15) is 9.69 Å². The molecule has 3 rings (SSSR count). The third-order valence-electron chi connectivity index (χ3n) is 2.79. The number of benzene rings is 1. The van der Waals surface area contributed by atoms with Gasteiger partial charge < -0.3 is 4.98 Å². The Morgan fingerprint density at radius 1 is 1.00 bits per heavy atom. The minimum atomic E-state index is -0.477. The third-order valence-corrected chi connectivity index (χ3v) is 2.79. The molecule has 0 bridgehead atoms. The molecule has 86 valence electrons. The van der Waals surface area contributed by atoms with Crippen molar-refractivity contribution < 1.29 is 9.59 Å². The lowest BCUT2D eigenvalue weighted by Gasteiger charge is -2.14. The lowest BCUT2D eigenvalue weighted by atomic mass is 10.3. The zero-order valence-electron chi connectivity index (χ0n) is 8.84. The minimum Gasteiger partial charge on any atom is -0.304 e. The normalized spacial score (nSPS) is 16.1. The van der Waals surface area contributed by atoms with Gasteiger partial charge in [0, 0.05) is 12.8 Å². The molecule has 0 radical (unpaired) electrons. The van der Waals surface area contributed by atoms with Crippen LogP contribution < -0.4 is 10.7 Å². The van der Waals surface area contributed by atoms with Crippen LogP contribution in [0.5, 0.6) is 0 Å². The molecule has 0 saturated carbocycles. The Morgan fingerprint density at radius 2 is 1.65 bits per heavy atom. The molecule has 1 saturated heterocycles. The molecule has 1 N–H and O–H groups in total. The van der Waals surface area contributed by atoms with E-state index in [9.17, 15) is 14.4 Å². The molecular formula is C11H9N3O3. The Hall–Kier alpha value is -2.37. The van der Waals surface area contributed by atoms with Gasteiger partial charge in [0.1, 0.15) is 0 Å². The molecule has 0 aliphatic carbocycles. The molecule has 6 nitrogen and oxygen atoms in total. The Balaban J connectivity index is 2.30. The summed E-state index contributed by atoms with van der Waals surface area (Å²) in [6.45, 7) is 0. The number of fused-ring (bicyclic) bond motifs is 1. The smallest absolute Gasteiger partial charge is 0.304 e. The van der Waals surface area contributed by atoms with Gasteiger partial charge in [0.05, 0.1) is 11.0 Å². The molecule has 17 heavy (non-hydrogen) atoms. The fourth-order valence-electron chi connectivity index (χ4n) is 2.03. The molecule has 6 heteroatoms. The zero-order valence-corrected chi connectivity index (χ0v) is 8.84. The van der Waals surface area contributed by atoms with Gasteiger partial charge in [-0.3, -0.25) is 9.59 Å². The van der Waals surface area contributed by atoms with Gasteiger partial charge in [0.25, 0.3) is 0 Å². The van der Waals surface area contributed by atoms with E-state index in [-0.39, 0.29) is 24.7 Å². The summed E-state index contributed by atoms with van der Waals surface area (Å²) < 4.78 is 1.10. The van der Waals surface area contributed by atoms with Gasteiger partial charge in [-0.05, 0) is 12.1 Å². The van der Waals surface area contributed by atoms with Crippen LogP contribution in [0.3, 0.4) is 0 Å². The maximum absolute atomic E-state index is 11.8. The zero-order chi connectivity index (χ0) is 12.0. The van der Waals surface area contributed by atoms with Crippen molar-refractivity contribution in [1.82, 2.24) is 9.66 Å². The summed E-state index contributed by atoms with van der Waals surface area (Å²) in [6.07, 6.45) is 0.315. The summed E-state index contributed by atoms with van der Waals surface area (Å²) >= 11 is 0. The first-order valence-corrected chi connectivity index (χ1v) is 5.24. The molecular weight excluding hydrogens is 222 g/mol. The quantitative estimate of drug-likeness (QED) is 0.708. The molecule has 1 aliphatic heterocycles. The number of nitrogens with zero attached hydrogens (tertiary/aromatic N) is 2. The highest BCUT2D eigenvalue weighted by Gasteiger charge is 2.32. The highest BCUT2D eigenvalue weighted by Crippen LogP contribution is 2.15. The average Bonchev–Trinajstić information content (AvgIpc) is 2.79. The van der Waals surface area contributed by atoms with Crippen LogP contribution in [0.25, 0.3) is 11.0 Å². The van der Waals surface area contributed by atoms with E-state index >= 15 is 0 Å². The number of hydrogen-bond donors (Lipinski definition) is 1. The lowest BCUT2D eigenvalue weighted by molar-refractivity contribution is -0.123. The number of hydrogen-bond acceptors (Lipinski definition) is 3. The highest BCUT2D eigenvalue weighted by atomic mass is 16.2. The van der Waals surface area contributed by atoms with Crippen molar-refractivity contribution >= 4 is 22.8 Å². The molecule has 2 amide bonds. The summed E-state index contributed by atoms with van der Waals surface area (Å²) in [5.74, 6) is -0.691. The van der Waals surface area contributed by atoms with Crippen molar-refractivity contribution in [3.05, 3.63) is 34.7 Å². The molecule has 1 aliphatic rings. The van der Waals surface area contributed by atoms with E-state index in [1.165, 1.54) is 0 Å². The number of aromatic amines is 1. The molecule has 1 aromatic heterocycles. The summed E-state index contributed by atoms with van der Waals surface area (Å²) in [5, 5.41) is 0.918. The van der Waals surface area contributed by atoms with Crippen LogP contribution in [0.15, 0.2) is 29.1 Å². The number of rotatable bonds is 1. The van der Waals surface area contributed by atoms with E-state index in [0.29, 0.717) is 11.0 Å². The summed E-state index contributed by atoms with van der Waals surface area (Å²) in [4.78, 5) is 37.6. The number of H-pyrrole nitrogens is 1. The monoisotopic (exact) mass is 231 g/mol. The standard InChI is InChI=1S/C11H9N3O3/c15-9-5-6-10(16)14(9)13-8-4-2-1-3-7(8)12-11(13)17/h1-4H,5-6H2,(H,12,17). The third kappa shape index (κ3) is 1.30. The second-order valence-electron chi connectivity index (χ2n) is 3.86. The molecule has 1 aromatic carbocycles. The van der Waals surface area contributed by atoms with Crippen molar-refractivity contribution in [2.75, 3.05) is 5.01 Å². The number of aromatic nitrogens is 2. The van der Waals surface area contributed by atoms with Crippen LogP contribution in [-0.4, -0.2) is 21.5 Å². The summed E-state index contributed by atoms with van der Waals surface area (Å²) in [6, 6.07) is 6.93. The van der Waals surface area contributed by atoms with E-state index in [1.54, 1.807) is 24.3 Å². The molecule has 2 aromatic rings. The Bertz CT molecular complexity index is 667. The Labute approximate surface area is 95.4 Å². The van der Waals surface area contributed by atoms with Crippen LogP contribution in [0.2, 0.25) is 0 Å². The first kappa shape index (κ1) is 9.83. The van der Waals surface area contributed by atoms with Crippen LogP contribution in [0, 0.1) is 0 Å². The number of imidazole rings is 1. The van der Waals surface area contributed by atoms with E-state index < -0.39 is 5.69 Å². The van der Waals surface area contributed by atoms with E-state index in [1.807, 2.05) is 0 Å². The summed E-state index contributed by atoms with van der Waals surface area (Å²) in [7, 11) is 0. The number of amides is 2. The van der Waals surface area contributed by atoms with Gasteiger partial charge in [-0.15, -0.1) is 0 Å². The summed E-state index contributed by atoms with van der Waals surface area (Å²) in [5.41, 5.74) is 0.654. The number of nitrogens with one attached hydrogen (secondary N) is 1. The van der Waals surface area contributed by atoms with Gasteiger partial charge >= 0.3 is 5.69 Å². The number of imide groups is 1. The number of para-hydroxylation sites is 2. The van der Waals surface area contributed by atoms with Crippen molar-refractivity contribution in [2.45, 2.75) is 12.8 Å². The highest BCUT2D eigenvalue weighted by molar-refractivity contribution is 6.14. The van der Waals surface area contributed by atoms with Gasteiger partial charge in [-0.25, -0.2) is 4.79 Å². The van der Waals surface area contributed by atoms with Crippen LogP contribution in [-0.2, 0) is 9.59 Å². The molecule has 2 heterocycles. The van der Waals surface area contributed by atoms with Crippen molar-refractivity contribution in [1.29, 1.82) is 0 Å². The van der Waals surface area contributed by atoms with Crippen LogP contribution >= 0.6 is 0 Å². The van der Waals surface area contributed by atoms with Gasteiger partial charge in [0.2, 0.25) is 11.8 Å². The van der Waals surface area contributed by atoms with Crippen molar-refractivity contribution in [2.24, 2.45) is 0 Å². The molecule has 0 unspecified atom stereocenters. The van der Waals surface area contributed by atoms with E-state index in [4.69, 9.17) is 0 Å². The van der Waals surface area contributed by atoms with Crippen LogP contribution in [0.1, 0.15) is 12.8 Å². The predicted molar refractivity (Wildman–Crippen MR) is 60.0 cm³/mol. The molecule has 0 atom stereocenters. The second-order valence-corrected chi connectivity index (χ2v) is 3.86. The van der Waals surface area contributed by atoms with Gasteiger partial charge in [-0.1, -0.05) is 12.1 Å².